The summed E-state index contributed by atoms with van der Waals surface area (Å²) in [6, 6.07) is 8.33. The Bertz CT molecular complexity index is 1020. The van der Waals surface area contributed by atoms with Gasteiger partial charge in [0.2, 0.25) is 0 Å². The van der Waals surface area contributed by atoms with E-state index >= 15 is 0 Å². The monoisotopic (exact) mass is 429 g/mol. The maximum atomic E-state index is 13.1. The Morgan fingerprint density at radius 3 is 2.59 bits per heavy atom. The molecule has 2 aromatic heterocycles. The fourth-order valence-electron chi connectivity index (χ4n) is 3.84. The van der Waals surface area contributed by atoms with Gasteiger partial charge in [-0.15, -0.1) is 0 Å². The molecule has 7 nitrogen and oxygen atoms in total. The van der Waals surface area contributed by atoms with Crippen molar-refractivity contribution in [2.24, 2.45) is 0 Å². The van der Waals surface area contributed by atoms with E-state index in [1.807, 2.05) is 17.9 Å². The van der Waals surface area contributed by atoms with Gasteiger partial charge in [-0.05, 0) is 30.6 Å². The summed E-state index contributed by atoms with van der Waals surface area (Å²) >= 11 is 3.05. The number of rotatable bonds is 3. The zero-order chi connectivity index (χ0) is 19.8. The largest absolute Gasteiger partial charge is 0.378 e. The van der Waals surface area contributed by atoms with Crippen molar-refractivity contribution in [3.8, 4) is 0 Å². The number of amides is 1. The minimum absolute atomic E-state index is 0.0993. The zero-order valence-electron chi connectivity index (χ0n) is 16.3. The number of benzene rings is 1. The van der Waals surface area contributed by atoms with Crippen LogP contribution in [0.3, 0.4) is 0 Å². The molecule has 0 atom stereocenters. The molecule has 0 radical (unpaired) electrons. The molecule has 1 aromatic carbocycles. The number of anilines is 2. The highest BCUT2D eigenvalue weighted by Crippen LogP contribution is 2.31. The van der Waals surface area contributed by atoms with Crippen LogP contribution in [0.1, 0.15) is 15.4 Å². The van der Waals surface area contributed by atoms with Crippen LogP contribution in [0.2, 0.25) is 0 Å². The number of ether oxygens (including phenoxy) is 1. The fourth-order valence-corrected chi connectivity index (χ4v) is 5.72. The molecular weight excluding hydrogens is 406 g/mol. The van der Waals surface area contributed by atoms with Gasteiger partial charge in [-0.1, -0.05) is 23.5 Å². The van der Waals surface area contributed by atoms with Gasteiger partial charge in [0.1, 0.15) is 10.7 Å². The third-order valence-corrected chi connectivity index (χ3v) is 7.51. The molecule has 3 aromatic rings. The number of morpholine rings is 1. The van der Waals surface area contributed by atoms with E-state index in [2.05, 4.69) is 37.4 Å². The van der Waals surface area contributed by atoms with Gasteiger partial charge < -0.3 is 19.4 Å². The highest BCUT2D eigenvalue weighted by molar-refractivity contribution is 7.17. The predicted molar refractivity (Wildman–Crippen MR) is 118 cm³/mol. The lowest BCUT2D eigenvalue weighted by Crippen LogP contribution is -2.48. The molecule has 0 saturated carbocycles. The van der Waals surface area contributed by atoms with Crippen LogP contribution in [0.5, 0.6) is 0 Å². The highest BCUT2D eigenvalue weighted by Gasteiger charge is 2.28. The first kappa shape index (κ1) is 18.8. The second-order valence-electron chi connectivity index (χ2n) is 7.29. The van der Waals surface area contributed by atoms with E-state index in [1.54, 1.807) is 0 Å². The van der Waals surface area contributed by atoms with E-state index in [0.717, 1.165) is 60.9 Å². The molecule has 5 rings (SSSR count). The average molecular weight is 430 g/mol. The number of hydrogen-bond donors (Lipinski definition) is 0. The maximum Gasteiger partial charge on any atom is 0.266 e. The molecule has 152 valence electrons. The number of thiazole rings is 1. The average Bonchev–Trinajstić information content (AvgIpc) is 3.38. The summed E-state index contributed by atoms with van der Waals surface area (Å²) in [4.78, 5) is 25.0. The third kappa shape index (κ3) is 3.58. The van der Waals surface area contributed by atoms with Crippen LogP contribution in [-0.4, -0.2) is 72.6 Å². The number of piperazine rings is 1. The molecule has 9 heteroatoms. The summed E-state index contributed by atoms with van der Waals surface area (Å²) in [7, 11) is 0. The predicted octanol–water partition coefficient (Wildman–Crippen LogP) is 2.86. The number of nitrogens with zero attached hydrogens (tertiary/aromatic N) is 5. The van der Waals surface area contributed by atoms with Gasteiger partial charge in [0, 0.05) is 44.7 Å². The Hall–Kier alpha value is -2.23. The second kappa shape index (κ2) is 7.89. The highest BCUT2D eigenvalue weighted by atomic mass is 32.1. The summed E-state index contributed by atoms with van der Waals surface area (Å²) < 4.78 is 11.3. The molecule has 2 fully saturated rings. The van der Waals surface area contributed by atoms with Gasteiger partial charge in [0.05, 0.1) is 23.6 Å². The van der Waals surface area contributed by atoms with Gasteiger partial charge >= 0.3 is 0 Å². The van der Waals surface area contributed by atoms with Crippen LogP contribution in [0.25, 0.3) is 10.1 Å². The van der Waals surface area contributed by atoms with Crippen LogP contribution in [0.4, 0.5) is 10.9 Å². The zero-order valence-corrected chi connectivity index (χ0v) is 18.0. The lowest BCUT2D eigenvalue weighted by molar-refractivity contribution is 0.0750. The standard InChI is InChI=1S/C20H23N5O2S2/c1-14-17(28-20(21-14)25-10-12-27-13-11-25)19(26)24-8-6-23(7-9-24)18-15-4-2-3-5-16(15)29-22-18/h2-5H,6-13H2,1H3. The van der Waals surface area contributed by atoms with Crippen LogP contribution in [0.15, 0.2) is 24.3 Å². The van der Waals surface area contributed by atoms with Gasteiger partial charge in [-0.3, -0.25) is 4.79 Å². The van der Waals surface area contributed by atoms with Crippen molar-refractivity contribution in [1.29, 1.82) is 0 Å². The summed E-state index contributed by atoms with van der Waals surface area (Å²) in [6.07, 6.45) is 0. The maximum absolute atomic E-state index is 13.1. The Morgan fingerprint density at radius 1 is 1.03 bits per heavy atom. The molecule has 4 heterocycles. The van der Waals surface area contributed by atoms with Crippen molar-refractivity contribution in [2.45, 2.75) is 6.92 Å². The van der Waals surface area contributed by atoms with Crippen molar-refractivity contribution in [1.82, 2.24) is 14.3 Å². The topological polar surface area (TPSA) is 61.8 Å². The van der Waals surface area contributed by atoms with E-state index in [-0.39, 0.29) is 5.91 Å². The van der Waals surface area contributed by atoms with Crippen LogP contribution in [0, 0.1) is 6.92 Å². The first-order valence-corrected chi connectivity index (χ1v) is 11.5. The number of aryl methyl sites for hydroxylation is 1. The number of hydrogen-bond acceptors (Lipinski definition) is 8. The molecule has 0 N–H and O–H groups in total. The quantitative estimate of drug-likeness (QED) is 0.638. The summed E-state index contributed by atoms with van der Waals surface area (Å²) in [5.74, 6) is 1.14. The molecule has 2 saturated heterocycles. The van der Waals surface area contributed by atoms with Gasteiger partial charge in [0.15, 0.2) is 5.13 Å². The molecule has 2 aliphatic rings. The first-order chi connectivity index (χ1) is 14.2. The lowest BCUT2D eigenvalue weighted by Gasteiger charge is -2.35. The summed E-state index contributed by atoms with van der Waals surface area (Å²) in [6.45, 7) is 8.04. The van der Waals surface area contributed by atoms with E-state index in [4.69, 9.17) is 4.74 Å². The molecule has 0 unspecified atom stereocenters. The van der Waals surface area contributed by atoms with Gasteiger partial charge in [-0.25, -0.2) is 4.98 Å². The van der Waals surface area contributed by atoms with E-state index in [0.29, 0.717) is 13.1 Å². The smallest absolute Gasteiger partial charge is 0.266 e. The molecule has 0 spiro atoms. The first-order valence-electron chi connectivity index (χ1n) is 9.89. The molecular formula is C20H23N5O2S2. The Morgan fingerprint density at radius 2 is 1.79 bits per heavy atom. The van der Waals surface area contributed by atoms with Crippen molar-refractivity contribution in [3.63, 3.8) is 0 Å². The Kier molecular flexibility index (Phi) is 5.11. The van der Waals surface area contributed by atoms with Gasteiger partial charge in [0.25, 0.3) is 5.91 Å². The molecule has 0 bridgehead atoms. The van der Waals surface area contributed by atoms with E-state index in [1.165, 1.54) is 33.0 Å². The second-order valence-corrected chi connectivity index (χ2v) is 9.07. The normalized spacial score (nSPS) is 17.9. The summed E-state index contributed by atoms with van der Waals surface area (Å²) in [5, 5.41) is 2.13. The van der Waals surface area contributed by atoms with Crippen LogP contribution in [-0.2, 0) is 4.74 Å². The van der Waals surface area contributed by atoms with E-state index in [9.17, 15) is 4.79 Å². The number of fused-ring (bicyclic) bond motifs is 1. The molecule has 1 amide bonds. The lowest BCUT2D eigenvalue weighted by atomic mass is 10.2. The number of carbonyl (C=O) groups excluding carboxylic acids is 1. The molecule has 0 aliphatic carbocycles. The van der Waals surface area contributed by atoms with Crippen LogP contribution >= 0.6 is 22.9 Å². The minimum atomic E-state index is 0.0993. The third-order valence-electron chi connectivity index (χ3n) is 5.49. The summed E-state index contributed by atoms with van der Waals surface area (Å²) in [5.41, 5.74) is 0.828. The van der Waals surface area contributed by atoms with Crippen molar-refractivity contribution < 1.29 is 9.53 Å². The Balaban J connectivity index is 1.27. The number of aromatic nitrogens is 2. The van der Waals surface area contributed by atoms with Gasteiger partial charge in [-0.2, -0.15) is 4.37 Å². The Labute approximate surface area is 177 Å². The molecule has 2 aliphatic heterocycles. The van der Waals surface area contributed by atoms with Crippen LogP contribution < -0.4 is 9.80 Å². The fraction of sp³-hybridized carbons (Fsp3) is 0.450. The van der Waals surface area contributed by atoms with Crippen molar-refractivity contribution in [2.75, 3.05) is 62.3 Å². The number of carbonyl (C=O) groups is 1. The SMILES string of the molecule is Cc1nc(N2CCOCC2)sc1C(=O)N1CCN(c2nsc3ccccc23)CC1. The minimum Gasteiger partial charge on any atom is -0.378 e. The molecule has 29 heavy (non-hydrogen) atoms. The van der Waals surface area contributed by atoms with E-state index < -0.39 is 0 Å². The van der Waals surface area contributed by atoms with Crippen molar-refractivity contribution >= 4 is 49.8 Å². The van der Waals surface area contributed by atoms with Crippen molar-refractivity contribution in [3.05, 3.63) is 34.8 Å².